The second-order valence-corrected chi connectivity index (χ2v) is 10.7. The van der Waals surface area contributed by atoms with E-state index in [4.69, 9.17) is 0 Å². The van der Waals surface area contributed by atoms with E-state index in [1.54, 1.807) is 54.6 Å². The van der Waals surface area contributed by atoms with Gasteiger partial charge in [0.1, 0.15) is 0 Å². The van der Waals surface area contributed by atoms with Gasteiger partial charge < -0.3 is 10.6 Å². The van der Waals surface area contributed by atoms with Gasteiger partial charge in [0, 0.05) is 24.5 Å². The lowest BCUT2D eigenvalue weighted by Gasteiger charge is -2.25. The molecule has 9 heteroatoms. The minimum atomic E-state index is -3.49. The van der Waals surface area contributed by atoms with Crippen molar-refractivity contribution < 1.29 is 18.0 Å². The third-order valence-electron chi connectivity index (χ3n) is 5.39. The number of carbonyl (C=O) groups excluding carboxylic acids is 2. The summed E-state index contributed by atoms with van der Waals surface area (Å²) in [5.41, 5.74) is 1.86. The summed E-state index contributed by atoms with van der Waals surface area (Å²) in [5, 5.41) is 7.47. The highest BCUT2D eigenvalue weighted by Crippen LogP contribution is 2.22. The molecule has 7 nitrogen and oxygen atoms in total. The first-order valence-electron chi connectivity index (χ1n) is 10.8. The topological polar surface area (TPSA) is 95.6 Å². The first-order chi connectivity index (χ1) is 15.9. The molecule has 1 aromatic heterocycles. The predicted octanol–water partition coefficient (Wildman–Crippen LogP) is 4.36. The van der Waals surface area contributed by atoms with Crippen LogP contribution in [0.5, 0.6) is 0 Å². The van der Waals surface area contributed by atoms with Gasteiger partial charge in [-0.25, -0.2) is 8.42 Å². The van der Waals surface area contributed by atoms with E-state index in [1.165, 1.54) is 15.6 Å². The molecule has 0 unspecified atom stereocenters. The van der Waals surface area contributed by atoms with Crippen molar-refractivity contribution in [2.45, 2.75) is 30.6 Å². The molecule has 1 aliphatic rings. The zero-order chi connectivity index (χ0) is 23.3. The van der Waals surface area contributed by atoms with Gasteiger partial charge in [-0.1, -0.05) is 30.7 Å². The molecule has 0 aliphatic carbocycles. The van der Waals surface area contributed by atoms with E-state index in [-0.39, 0.29) is 23.1 Å². The molecule has 33 heavy (non-hydrogen) atoms. The molecular formula is C24H25N3O4S2. The SMILES string of the molecule is O=C(Cc1ccc(S(=O)(=O)N2CCCCC2)cc1)Nc1cccc(NC(=O)c2cccs2)c1. The van der Waals surface area contributed by atoms with Crippen molar-refractivity contribution >= 4 is 44.5 Å². The largest absolute Gasteiger partial charge is 0.326 e. The molecule has 0 spiro atoms. The summed E-state index contributed by atoms with van der Waals surface area (Å²) in [6, 6.07) is 17.0. The van der Waals surface area contributed by atoms with Crippen molar-refractivity contribution in [3.8, 4) is 0 Å². The Morgan fingerprint density at radius 1 is 0.879 bits per heavy atom. The summed E-state index contributed by atoms with van der Waals surface area (Å²) in [6.45, 7) is 1.11. The highest BCUT2D eigenvalue weighted by molar-refractivity contribution is 7.89. The number of amides is 2. The number of anilines is 2. The molecule has 2 heterocycles. The average molecular weight is 484 g/mol. The lowest BCUT2D eigenvalue weighted by molar-refractivity contribution is -0.115. The smallest absolute Gasteiger partial charge is 0.265 e. The van der Waals surface area contributed by atoms with Crippen LogP contribution in [0.1, 0.15) is 34.5 Å². The Balaban J connectivity index is 1.35. The van der Waals surface area contributed by atoms with Crippen LogP contribution in [0.3, 0.4) is 0 Å². The van der Waals surface area contributed by atoms with Crippen LogP contribution in [0, 0.1) is 0 Å². The monoisotopic (exact) mass is 483 g/mol. The van der Waals surface area contributed by atoms with Crippen molar-refractivity contribution in [3.63, 3.8) is 0 Å². The molecule has 2 aromatic carbocycles. The fourth-order valence-corrected chi connectivity index (χ4v) is 5.84. The minimum Gasteiger partial charge on any atom is -0.326 e. The molecule has 0 bridgehead atoms. The average Bonchev–Trinajstić information content (AvgIpc) is 3.35. The van der Waals surface area contributed by atoms with Crippen molar-refractivity contribution in [3.05, 3.63) is 76.5 Å². The first-order valence-corrected chi connectivity index (χ1v) is 13.1. The summed E-state index contributed by atoms with van der Waals surface area (Å²) in [4.78, 5) is 25.6. The van der Waals surface area contributed by atoms with E-state index in [0.29, 0.717) is 34.9 Å². The van der Waals surface area contributed by atoms with Crippen LogP contribution < -0.4 is 10.6 Å². The van der Waals surface area contributed by atoms with Crippen LogP contribution in [0.25, 0.3) is 0 Å². The van der Waals surface area contributed by atoms with E-state index < -0.39 is 10.0 Å². The fraction of sp³-hybridized carbons (Fsp3) is 0.250. The maximum atomic E-state index is 12.8. The lowest BCUT2D eigenvalue weighted by atomic mass is 10.1. The Labute approximate surface area is 197 Å². The Hall–Kier alpha value is -3.01. The number of hydrogen-bond acceptors (Lipinski definition) is 5. The van der Waals surface area contributed by atoms with Crippen molar-refractivity contribution in [1.29, 1.82) is 0 Å². The van der Waals surface area contributed by atoms with Gasteiger partial charge >= 0.3 is 0 Å². The number of sulfonamides is 1. The molecule has 3 aromatic rings. The molecular weight excluding hydrogens is 458 g/mol. The molecule has 1 saturated heterocycles. The second-order valence-electron chi connectivity index (χ2n) is 7.85. The van der Waals surface area contributed by atoms with E-state index in [9.17, 15) is 18.0 Å². The third kappa shape index (κ3) is 5.87. The zero-order valence-electron chi connectivity index (χ0n) is 18.0. The third-order valence-corrected chi connectivity index (χ3v) is 8.17. The van der Waals surface area contributed by atoms with Gasteiger partial charge in [0.05, 0.1) is 16.2 Å². The number of piperidine rings is 1. The van der Waals surface area contributed by atoms with Crippen molar-refractivity contribution in [2.75, 3.05) is 23.7 Å². The maximum Gasteiger partial charge on any atom is 0.265 e. The molecule has 172 valence electrons. The molecule has 0 radical (unpaired) electrons. The number of thiophene rings is 1. The zero-order valence-corrected chi connectivity index (χ0v) is 19.6. The van der Waals surface area contributed by atoms with Crippen LogP contribution >= 0.6 is 11.3 Å². The molecule has 1 aliphatic heterocycles. The lowest BCUT2D eigenvalue weighted by Crippen LogP contribution is -2.35. The maximum absolute atomic E-state index is 12.8. The van der Waals surface area contributed by atoms with Crippen LogP contribution in [0.2, 0.25) is 0 Å². The van der Waals surface area contributed by atoms with E-state index in [2.05, 4.69) is 10.6 Å². The van der Waals surface area contributed by atoms with Crippen LogP contribution in [0.15, 0.2) is 70.9 Å². The molecule has 0 atom stereocenters. The summed E-state index contributed by atoms with van der Waals surface area (Å²) in [6.07, 6.45) is 2.94. The Morgan fingerprint density at radius 2 is 1.58 bits per heavy atom. The summed E-state index contributed by atoms with van der Waals surface area (Å²) >= 11 is 1.35. The summed E-state index contributed by atoms with van der Waals surface area (Å²) in [7, 11) is -3.49. The normalized spacial score (nSPS) is 14.5. The highest BCUT2D eigenvalue weighted by Gasteiger charge is 2.25. The number of carbonyl (C=O) groups is 2. The number of nitrogens with zero attached hydrogens (tertiary/aromatic N) is 1. The van der Waals surface area contributed by atoms with Crippen LogP contribution in [0.4, 0.5) is 11.4 Å². The molecule has 2 amide bonds. The van der Waals surface area contributed by atoms with Gasteiger partial charge in [0.2, 0.25) is 15.9 Å². The molecule has 2 N–H and O–H groups in total. The van der Waals surface area contributed by atoms with Gasteiger partial charge in [-0.05, 0) is 60.2 Å². The van der Waals surface area contributed by atoms with Gasteiger partial charge in [-0.3, -0.25) is 9.59 Å². The number of nitrogens with one attached hydrogen (secondary N) is 2. The van der Waals surface area contributed by atoms with Gasteiger partial charge in [0.15, 0.2) is 0 Å². The van der Waals surface area contributed by atoms with Crippen LogP contribution in [-0.4, -0.2) is 37.6 Å². The molecule has 1 fully saturated rings. The minimum absolute atomic E-state index is 0.107. The number of benzene rings is 2. The Morgan fingerprint density at radius 3 is 2.24 bits per heavy atom. The quantitative estimate of drug-likeness (QED) is 0.522. The van der Waals surface area contributed by atoms with Gasteiger partial charge in [0.25, 0.3) is 5.91 Å². The van der Waals surface area contributed by atoms with Gasteiger partial charge in [-0.2, -0.15) is 4.31 Å². The van der Waals surface area contributed by atoms with Crippen molar-refractivity contribution in [2.24, 2.45) is 0 Å². The standard InChI is InChI=1S/C24H25N3O4S2/c28-23(25-19-6-4-7-20(17-19)26-24(29)22-8-5-15-32-22)16-18-9-11-21(12-10-18)33(30,31)27-13-2-1-3-14-27/h4-12,15,17H,1-3,13-14,16H2,(H,25,28)(H,26,29). The molecule has 0 saturated carbocycles. The fourth-order valence-electron chi connectivity index (χ4n) is 3.70. The van der Waals surface area contributed by atoms with Crippen LogP contribution in [-0.2, 0) is 21.2 Å². The van der Waals surface area contributed by atoms with Gasteiger partial charge in [-0.15, -0.1) is 11.3 Å². The first kappa shape index (κ1) is 23.2. The molecule has 4 rings (SSSR count). The second kappa shape index (κ2) is 10.3. The Bertz CT molecular complexity index is 1220. The number of hydrogen-bond donors (Lipinski definition) is 2. The highest BCUT2D eigenvalue weighted by atomic mass is 32.2. The van der Waals surface area contributed by atoms with E-state index in [0.717, 1.165) is 19.3 Å². The Kier molecular flexibility index (Phi) is 7.22. The predicted molar refractivity (Wildman–Crippen MR) is 130 cm³/mol. The summed E-state index contributed by atoms with van der Waals surface area (Å²) in [5.74, 6) is -0.434. The van der Waals surface area contributed by atoms with E-state index >= 15 is 0 Å². The van der Waals surface area contributed by atoms with E-state index in [1.807, 2.05) is 11.4 Å². The summed E-state index contributed by atoms with van der Waals surface area (Å²) < 4.78 is 27.1. The number of rotatable bonds is 7. The van der Waals surface area contributed by atoms with Crippen molar-refractivity contribution in [1.82, 2.24) is 4.31 Å².